The van der Waals surface area contributed by atoms with Crippen LogP contribution in [0.3, 0.4) is 0 Å². The zero-order chi connectivity index (χ0) is 19.3. The first kappa shape index (κ1) is 18.8. The molecule has 0 radical (unpaired) electrons. The van der Waals surface area contributed by atoms with Gasteiger partial charge < -0.3 is 10.1 Å². The second-order valence-corrected chi connectivity index (χ2v) is 7.79. The molecule has 5 nitrogen and oxygen atoms in total. The zero-order valence-corrected chi connectivity index (χ0v) is 16.7. The van der Waals surface area contributed by atoms with Crippen LogP contribution in [0.2, 0.25) is 0 Å². The minimum absolute atomic E-state index is 0.136. The van der Waals surface area contributed by atoms with Crippen molar-refractivity contribution in [1.82, 2.24) is 9.88 Å². The molecule has 144 valence electrons. The van der Waals surface area contributed by atoms with Gasteiger partial charge >= 0.3 is 0 Å². The summed E-state index contributed by atoms with van der Waals surface area (Å²) >= 11 is 1.64. The summed E-state index contributed by atoms with van der Waals surface area (Å²) in [6.07, 6.45) is 0. The molecule has 1 fully saturated rings. The van der Waals surface area contributed by atoms with Gasteiger partial charge in [-0.3, -0.25) is 14.7 Å². The van der Waals surface area contributed by atoms with E-state index in [0.717, 1.165) is 54.8 Å². The fraction of sp³-hybridized carbons (Fsp3) is 0.273. The maximum absolute atomic E-state index is 12.7. The molecule has 1 saturated heterocycles. The summed E-state index contributed by atoms with van der Waals surface area (Å²) < 4.78 is 5.39. The minimum atomic E-state index is -0.136. The summed E-state index contributed by atoms with van der Waals surface area (Å²) in [5.41, 5.74) is 4.25. The van der Waals surface area contributed by atoms with E-state index in [9.17, 15) is 4.79 Å². The molecule has 1 aliphatic heterocycles. The van der Waals surface area contributed by atoms with E-state index in [4.69, 9.17) is 4.74 Å². The number of hydrogen-bond acceptors (Lipinski definition) is 5. The van der Waals surface area contributed by atoms with Crippen molar-refractivity contribution in [3.05, 3.63) is 70.7 Å². The van der Waals surface area contributed by atoms with Crippen LogP contribution in [0.4, 0.5) is 5.69 Å². The van der Waals surface area contributed by atoms with E-state index >= 15 is 0 Å². The first-order chi connectivity index (χ1) is 13.7. The Balaban J connectivity index is 1.40. The van der Waals surface area contributed by atoms with Crippen LogP contribution in [-0.2, 0) is 11.3 Å². The molecule has 1 amide bonds. The molecule has 0 aliphatic carbocycles. The predicted molar refractivity (Wildman–Crippen MR) is 113 cm³/mol. The van der Waals surface area contributed by atoms with Gasteiger partial charge in [0.2, 0.25) is 0 Å². The molecular formula is C22H23N3O2S. The summed E-state index contributed by atoms with van der Waals surface area (Å²) in [5.74, 6) is -0.136. The maximum Gasteiger partial charge on any atom is 0.257 e. The Morgan fingerprint density at radius 1 is 1.14 bits per heavy atom. The number of aryl methyl sites for hydroxylation is 1. The summed E-state index contributed by atoms with van der Waals surface area (Å²) in [7, 11) is 0. The number of nitrogens with zero attached hydrogens (tertiary/aromatic N) is 2. The third-order valence-corrected chi connectivity index (χ3v) is 5.72. The SMILES string of the molecule is Cc1nc(-c2cccs2)ccc1C(=O)Nc1ccc(CN2CCOCC2)cc1. The van der Waals surface area contributed by atoms with Gasteiger partial charge in [0.15, 0.2) is 0 Å². The number of nitrogens with one attached hydrogen (secondary N) is 1. The fourth-order valence-electron chi connectivity index (χ4n) is 3.27. The molecule has 0 bridgehead atoms. The van der Waals surface area contributed by atoms with Crippen molar-refractivity contribution in [3.63, 3.8) is 0 Å². The number of anilines is 1. The highest BCUT2D eigenvalue weighted by Gasteiger charge is 2.13. The van der Waals surface area contributed by atoms with Crippen LogP contribution < -0.4 is 5.32 Å². The molecule has 3 heterocycles. The lowest BCUT2D eigenvalue weighted by Gasteiger charge is -2.26. The first-order valence-corrected chi connectivity index (χ1v) is 10.3. The number of aromatic nitrogens is 1. The van der Waals surface area contributed by atoms with Crippen molar-refractivity contribution in [2.75, 3.05) is 31.6 Å². The monoisotopic (exact) mass is 393 g/mol. The van der Waals surface area contributed by atoms with Crippen molar-refractivity contribution >= 4 is 22.9 Å². The topological polar surface area (TPSA) is 54.5 Å². The largest absolute Gasteiger partial charge is 0.379 e. The average Bonchev–Trinajstić information content (AvgIpc) is 3.25. The summed E-state index contributed by atoms with van der Waals surface area (Å²) in [4.78, 5) is 20.7. The van der Waals surface area contributed by atoms with Crippen LogP contribution in [-0.4, -0.2) is 42.1 Å². The van der Waals surface area contributed by atoms with E-state index in [1.54, 1.807) is 11.3 Å². The van der Waals surface area contributed by atoms with Crippen molar-refractivity contribution in [1.29, 1.82) is 0 Å². The lowest BCUT2D eigenvalue weighted by Crippen LogP contribution is -2.35. The Morgan fingerprint density at radius 2 is 1.93 bits per heavy atom. The average molecular weight is 394 g/mol. The lowest BCUT2D eigenvalue weighted by atomic mass is 10.1. The fourth-order valence-corrected chi connectivity index (χ4v) is 3.97. The van der Waals surface area contributed by atoms with Crippen LogP contribution in [0, 0.1) is 6.92 Å². The van der Waals surface area contributed by atoms with Crippen LogP contribution >= 0.6 is 11.3 Å². The quantitative estimate of drug-likeness (QED) is 0.706. The Morgan fingerprint density at radius 3 is 2.61 bits per heavy atom. The normalized spacial score (nSPS) is 14.8. The number of benzene rings is 1. The van der Waals surface area contributed by atoms with Crippen molar-refractivity contribution in [2.45, 2.75) is 13.5 Å². The standard InChI is InChI=1S/C22H23N3O2S/c1-16-19(8-9-20(23-16)21-3-2-14-28-21)22(26)24-18-6-4-17(5-7-18)15-25-10-12-27-13-11-25/h2-9,14H,10-13,15H2,1H3,(H,24,26). The van der Waals surface area contributed by atoms with Gasteiger partial charge in [0, 0.05) is 25.3 Å². The van der Waals surface area contributed by atoms with Crippen LogP contribution in [0.15, 0.2) is 53.9 Å². The van der Waals surface area contributed by atoms with E-state index in [1.807, 2.05) is 48.7 Å². The number of ether oxygens (including phenoxy) is 1. The molecule has 3 aromatic rings. The highest BCUT2D eigenvalue weighted by Crippen LogP contribution is 2.24. The third kappa shape index (κ3) is 4.47. The van der Waals surface area contributed by atoms with Gasteiger partial charge in [0.25, 0.3) is 5.91 Å². The number of hydrogen-bond donors (Lipinski definition) is 1. The molecular weight excluding hydrogens is 370 g/mol. The Labute approximate surface area is 169 Å². The highest BCUT2D eigenvalue weighted by atomic mass is 32.1. The highest BCUT2D eigenvalue weighted by molar-refractivity contribution is 7.13. The molecule has 6 heteroatoms. The number of amides is 1. The third-order valence-electron chi connectivity index (χ3n) is 4.83. The molecule has 28 heavy (non-hydrogen) atoms. The Kier molecular flexibility index (Phi) is 5.81. The van der Waals surface area contributed by atoms with Crippen LogP contribution in [0.25, 0.3) is 10.6 Å². The van der Waals surface area contributed by atoms with Gasteiger partial charge in [-0.05, 0) is 48.2 Å². The number of pyridine rings is 1. The first-order valence-electron chi connectivity index (χ1n) is 9.41. The van der Waals surface area contributed by atoms with E-state index in [1.165, 1.54) is 5.56 Å². The molecule has 1 aliphatic rings. The van der Waals surface area contributed by atoms with E-state index in [2.05, 4.69) is 27.3 Å². The van der Waals surface area contributed by atoms with Crippen molar-refractivity contribution < 1.29 is 9.53 Å². The van der Waals surface area contributed by atoms with E-state index < -0.39 is 0 Å². The zero-order valence-electron chi connectivity index (χ0n) is 15.9. The second-order valence-electron chi connectivity index (χ2n) is 6.85. The number of morpholine rings is 1. The van der Waals surface area contributed by atoms with Crippen molar-refractivity contribution in [3.8, 4) is 10.6 Å². The lowest BCUT2D eigenvalue weighted by molar-refractivity contribution is 0.0342. The predicted octanol–water partition coefficient (Wildman–Crippen LogP) is 4.20. The Hall–Kier alpha value is -2.54. The van der Waals surface area contributed by atoms with E-state index in [-0.39, 0.29) is 5.91 Å². The molecule has 0 atom stereocenters. The molecule has 0 saturated carbocycles. The Bertz CT molecular complexity index is 933. The van der Waals surface area contributed by atoms with Gasteiger partial charge in [-0.25, -0.2) is 0 Å². The molecule has 1 N–H and O–H groups in total. The number of rotatable bonds is 5. The van der Waals surface area contributed by atoms with Gasteiger partial charge in [-0.2, -0.15) is 0 Å². The van der Waals surface area contributed by atoms with Crippen molar-refractivity contribution in [2.24, 2.45) is 0 Å². The number of thiophene rings is 1. The molecule has 2 aromatic heterocycles. The summed E-state index contributed by atoms with van der Waals surface area (Å²) in [6.45, 7) is 6.31. The van der Waals surface area contributed by atoms with Gasteiger partial charge in [-0.1, -0.05) is 18.2 Å². The number of carbonyl (C=O) groups excluding carboxylic acids is 1. The smallest absolute Gasteiger partial charge is 0.257 e. The van der Waals surface area contributed by atoms with Crippen LogP contribution in [0.5, 0.6) is 0 Å². The molecule has 4 rings (SSSR count). The van der Waals surface area contributed by atoms with E-state index in [0.29, 0.717) is 5.56 Å². The molecule has 0 unspecified atom stereocenters. The summed E-state index contributed by atoms with van der Waals surface area (Å²) in [5, 5.41) is 5.00. The van der Waals surface area contributed by atoms with Gasteiger partial charge in [-0.15, -0.1) is 11.3 Å². The molecule has 0 spiro atoms. The molecule has 1 aromatic carbocycles. The van der Waals surface area contributed by atoms with Gasteiger partial charge in [0.1, 0.15) is 0 Å². The number of carbonyl (C=O) groups is 1. The second kappa shape index (κ2) is 8.65. The maximum atomic E-state index is 12.7. The van der Waals surface area contributed by atoms with Crippen LogP contribution in [0.1, 0.15) is 21.6 Å². The summed E-state index contributed by atoms with van der Waals surface area (Å²) in [6, 6.07) is 15.8. The van der Waals surface area contributed by atoms with Gasteiger partial charge in [0.05, 0.1) is 35.0 Å². The minimum Gasteiger partial charge on any atom is -0.379 e.